The summed E-state index contributed by atoms with van der Waals surface area (Å²) in [6.45, 7) is 0.352. The number of halogens is 1. The minimum Gasteiger partial charge on any atom is -0.337 e. The van der Waals surface area contributed by atoms with Crippen LogP contribution in [0.2, 0.25) is 0 Å². The minimum absolute atomic E-state index is 0.0412. The predicted octanol–water partition coefficient (Wildman–Crippen LogP) is 1.52. The molecular weight excluding hydrogens is 231 g/mol. The summed E-state index contributed by atoms with van der Waals surface area (Å²) < 4.78 is 15.5. The molecule has 0 aliphatic rings. The molecule has 0 aliphatic heterocycles. The van der Waals surface area contributed by atoms with Gasteiger partial charge in [0.1, 0.15) is 11.9 Å². The summed E-state index contributed by atoms with van der Waals surface area (Å²) in [5, 5.41) is 8.70. The molecule has 1 heterocycles. The molecule has 1 aromatic carbocycles. The summed E-state index contributed by atoms with van der Waals surface area (Å²) in [4.78, 5) is 4.03. The molecule has 0 saturated heterocycles. The Morgan fingerprint density at radius 2 is 2.33 bits per heavy atom. The molecule has 1 aromatic heterocycles. The standard InChI is InChI=1S/C13H13FN4/c1-18-8-17-7-13(18)11(6-16)9-2-3-10(5-15)12(14)4-9/h2-4,7-8,11H,6,16H2,1H3. The number of hydrogen-bond donors (Lipinski definition) is 1. The third-order valence-electron chi connectivity index (χ3n) is 2.96. The molecule has 0 bridgehead atoms. The van der Waals surface area contributed by atoms with E-state index in [2.05, 4.69) is 4.98 Å². The highest BCUT2D eigenvalue weighted by Gasteiger charge is 2.17. The van der Waals surface area contributed by atoms with E-state index >= 15 is 0 Å². The van der Waals surface area contributed by atoms with Crippen molar-refractivity contribution in [2.24, 2.45) is 12.8 Å². The van der Waals surface area contributed by atoms with Crippen molar-refractivity contribution < 1.29 is 4.39 Å². The fraction of sp³-hybridized carbons (Fsp3) is 0.231. The fourth-order valence-electron chi connectivity index (χ4n) is 1.97. The molecule has 0 amide bonds. The highest BCUT2D eigenvalue weighted by Crippen LogP contribution is 2.24. The lowest BCUT2D eigenvalue weighted by molar-refractivity contribution is 0.617. The quantitative estimate of drug-likeness (QED) is 0.890. The number of imidazole rings is 1. The molecule has 0 saturated carbocycles. The summed E-state index contributed by atoms with van der Waals surface area (Å²) in [6.07, 6.45) is 3.39. The Bertz CT molecular complexity index is 597. The molecule has 92 valence electrons. The second-order valence-corrected chi connectivity index (χ2v) is 4.07. The molecule has 4 nitrogen and oxygen atoms in total. The molecule has 1 atom stereocenters. The van der Waals surface area contributed by atoms with Crippen molar-refractivity contribution in [1.29, 1.82) is 5.26 Å². The third kappa shape index (κ3) is 2.11. The molecule has 5 heteroatoms. The number of aromatic nitrogens is 2. The van der Waals surface area contributed by atoms with Crippen molar-refractivity contribution in [2.75, 3.05) is 6.54 Å². The van der Waals surface area contributed by atoms with Crippen molar-refractivity contribution in [2.45, 2.75) is 5.92 Å². The number of hydrogen-bond acceptors (Lipinski definition) is 3. The van der Waals surface area contributed by atoms with Gasteiger partial charge in [0.15, 0.2) is 0 Å². The molecule has 1 unspecified atom stereocenters. The monoisotopic (exact) mass is 244 g/mol. The maximum absolute atomic E-state index is 13.6. The minimum atomic E-state index is -0.518. The largest absolute Gasteiger partial charge is 0.337 e. The number of nitriles is 1. The van der Waals surface area contributed by atoms with Gasteiger partial charge in [-0.2, -0.15) is 5.26 Å². The first-order chi connectivity index (χ1) is 8.67. The normalized spacial score (nSPS) is 12.1. The predicted molar refractivity (Wildman–Crippen MR) is 65.2 cm³/mol. The number of nitrogens with zero attached hydrogens (tertiary/aromatic N) is 3. The Labute approximate surface area is 104 Å². The van der Waals surface area contributed by atoms with Crippen LogP contribution in [0.1, 0.15) is 22.7 Å². The van der Waals surface area contributed by atoms with Crippen LogP contribution in [0.15, 0.2) is 30.7 Å². The van der Waals surface area contributed by atoms with E-state index in [1.54, 1.807) is 24.7 Å². The zero-order valence-corrected chi connectivity index (χ0v) is 9.97. The molecule has 18 heavy (non-hydrogen) atoms. The van der Waals surface area contributed by atoms with E-state index in [9.17, 15) is 4.39 Å². The van der Waals surface area contributed by atoms with Crippen molar-refractivity contribution >= 4 is 0 Å². The van der Waals surface area contributed by atoms with Crippen LogP contribution >= 0.6 is 0 Å². The molecule has 0 spiro atoms. The van der Waals surface area contributed by atoms with Gasteiger partial charge in [0.2, 0.25) is 0 Å². The molecule has 0 fully saturated rings. The van der Waals surface area contributed by atoms with Crippen LogP contribution in [0.4, 0.5) is 4.39 Å². The van der Waals surface area contributed by atoms with E-state index in [-0.39, 0.29) is 11.5 Å². The van der Waals surface area contributed by atoms with E-state index in [4.69, 9.17) is 11.0 Å². The van der Waals surface area contributed by atoms with Gasteiger partial charge < -0.3 is 10.3 Å². The highest BCUT2D eigenvalue weighted by atomic mass is 19.1. The van der Waals surface area contributed by atoms with Crippen LogP contribution in [-0.2, 0) is 7.05 Å². The first-order valence-corrected chi connectivity index (χ1v) is 5.53. The zero-order valence-electron chi connectivity index (χ0n) is 9.97. The van der Waals surface area contributed by atoms with Gasteiger partial charge >= 0.3 is 0 Å². The maximum atomic E-state index is 13.6. The second-order valence-electron chi connectivity index (χ2n) is 4.07. The summed E-state index contributed by atoms with van der Waals surface area (Å²) in [6, 6.07) is 6.37. The van der Waals surface area contributed by atoms with Crippen LogP contribution in [0.3, 0.4) is 0 Å². The topological polar surface area (TPSA) is 67.6 Å². The van der Waals surface area contributed by atoms with Gasteiger partial charge in [0.05, 0.1) is 11.9 Å². The molecule has 0 radical (unpaired) electrons. The smallest absolute Gasteiger partial charge is 0.141 e. The number of benzene rings is 1. The summed E-state index contributed by atoms with van der Waals surface area (Å²) in [7, 11) is 1.87. The Balaban J connectivity index is 2.44. The molecule has 2 aromatic rings. The SMILES string of the molecule is Cn1cncc1C(CN)c1ccc(C#N)c(F)c1. The molecule has 0 aliphatic carbocycles. The van der Waals surface area contributed by atoms with Crippen molar-refractivity contribution in [3.8, 4) is 6.07 Å². The van der Waals surface area contributed by atoms with Gasteiger partial charge in [-0.05, 0) is 17.7 Å². The zero-order chi connectivity index (χ0) is 13.1. The van der Waals surface area contributed by atoms with E-state index < -0.39 is 5.82 Å². The van der Waals surface area contributed by atoms with E-state index in [1.165, 1.54) is 12.1 Å². The Kier molecular flexibility index (Phi) is 3.40. The van der Waals surface area contributed by atoms with Gasteiger partial charge in [0, 0.05) is 31.4 Å². The van der Waals surface area contributed by atoms with Crippen LogP contribution in [-0.4, -0.2) is 16.1 Å². The van der Waals surface area contributed by atoms with E-state index in [0.717, 1.165) is 11.3 Å². The first kappa shape index (κ1) is 12.3. The number of nitrogens with two attached hydrogens (primary N) is 1. The first-order valence-electron chi connectivity index (χ1n) is 5.53. The molecular formula is C13H13FN4. The molecule has 2 rings (SSSR count). The summed E-state index contributed by atoms with van der Waals surface area (Å²) in [5.41, 5.74) is 7.46. The lowest BCUT2D eigenvalue weighted by atomic mass is 9.95. The van der Waals surface area contributed by atoms with Crippen molar-refractivity contribution in [3.05, 3.63) is 53.4 Å². The fourth-order valence-corrected chi connectivity index (χ4v) is 1.97. The van der Waals surface area contributed by atoms with Crippen LogP contribution in [0.5, 0.6) is 0 Å². The lowest BCUT2D eigenvalue weighted by Gasteiger charge is -2.16. The summed E-state index contributed by atoms with van der Waals surface area (Å²) in [5.74, 6) is -0.643. The average Bonchev–Trinajstić information content (AvgIpc) is 2.77. The second kappa shape index (κ2) is 4.98. The third-order valence-corrected chi connectivity index (χ3v) is 2.96. The Morgan fingerprint density at radius 3 is 2.83 bits per heavy atom. The number of aryl methyl sites for hydroxylation is 1. The van der Waals surface area contributed by atoms with Gasteiger partial charge in [0.25, 0.3) is 0 Å². The van der Waals surface area contributed by atoms with Crippen LogP contribution < -0.4 is 5.73 Å². The Hall–Kier alpha value is -2.19. The molecule has 2 N–H and O–H groups in total. The maximum Gasteiger partial charge on any atom is 0.141 e. The number of rotatable bonds is 3. The Morgan fingerprint density at radius 1 is 1.56 bits per heavy atom. The average molecular weight is 244 g/mol. The lowest BCUT2D eigenvalue weighted by Crippen LogP contribution is -2.16. The van der Waals surface area contributed by atoms with Gasteiger partial charge in [-0.1, -0.05) is 6.07 Å². The van der Waals surface area contributed by atoms with Crippen molar-refractivity contribution in [1.82, 2.24) is 9.55 Å². The van der Waals surface area contributed by atoms with Crippen LogP contribution in [0.25, 0.3) is 0 Å². The van der Waals surface area contributed by atoms with Gasteiger partial charge in [-0.3, -0.25) is 0 Å². The van der Waals surface area contributed by atoms with E-state index in [1.807, 2.05) is 11.6 Å². The summed E-state index contributed by atoms with van der Waals surface area (Å²) >= 11 is 0. The van der Waals surface area contributed by atoms with Gasteiger partial charge in [-0.25, -0.2) is 9.37 Å². The van der Waals surface area contributed by atoms with E-state index in [0.29, 0.717) is 6.54 Å². The van der Waals surface area contributed by atoms with Crippen molar-refractivity contribution in [3.63, 3.8) is 0 Å². The van der Waals surface area contributed by atoms with Crippen LogP contribution in [0, 0.1) is 17.1 Å². The van der Waals surface area contributed by atoms with Gasteiger partial charge in [-0.15, -0.1) is 0 Å². The highest BCUT2D eigenvalue weighted by molar-refractivity contribution is 5.37.